The minimum Gasteiger partial charge on any atom is -0.396 e. The Kier molecular flexibility index (Phi) is 5.96. The highest BCUT2D eigenvalue weighted by Gasteiger charge is 2.34. The van der Waals surface area contributed by atoms with Gasteiger partial charge in [0, 0.05) is 46.8 Å². The number of rotatable bonds is 7. The average Bonchev–Trinajstić information content (AvgIpc) is 2.86. The number of nitrogens with two attached hydrogens (primary N) is 1. The zero-order chi connectivity index (χ0) is 23.8. The van der Waals surface area contributed by atoms with Crippen molar-refractivity contribution in [3.05, 3.63) is 65.9 Å². The number of hydrogen-bond acceptors (Lipinski definition) is 6. The number of aliphatic hydroxyl groups excluding tert-OH is 1. The highest BCUT2D eigenvalue weighted by molar-refractivity contribution is 5.90. The fourth-order valence-corrected chi connectivity index (χ4v) is 4.48. The van der Waals surface area contributed by atoms with Gasteiger partial charge < -0.3 is 16.2 Å². The first-order chi connectivity index (χ1) is 16.4. The summed E-state index contributed by atoms with van der Waals surface area (Å²) in [6, 6.07) is 10.7. The number of aliphatic hydroxyl groups is 1. The van der Waals surface area contributed by atoms with Gasteiger partial charge in [-0.05, 0) is 49.3 Å². The monoisotopic (exact) mass is 455 g/mol. The maximum Gasteiger partial charge on any atom is 0.224 e. The van der Waals surface area contributed by atoms with E-state index in [0.29, 0.717) is 18.1 Å². The van der Waals surface area contributed by atoms with Crippen molar-refractivity contribution in [2.45, 2.75) is 51.5 Å². The minimum atomic E-state index is -0.261. The summed E-state index contributed by atoms with van der Waals surface area (Å²) in [6.07, 6.45) is 13.9. The molecule has 3 aromatic rings. The number of fused-ring (bicyclic) bond motifs is 1. The van der Waals surface area contributed by atoms with E-state index in [1.165, 1.54) is 17.6 Å². The zero-order valence-electron chi connectivity index (χ0n) is 20.0. The molecule has 1 aromatic carbocycles. The maximum absolute atomic E-state index is 9.54. The molecule has 1 saturated carbocycles. The minimum absolute atomic E-state index is 0.0854. The fraction of sp³-hybridized carbons (Fsp3) is 0.393. The highest BCUT2D eigenvalue weighted by atomic mass is 16.3. The first kappa shape index (κ1) is 22.7. The lowest BCUT2D eigenvalue weighted by Crippen LogP contribution is -2.43. The van der Waals surface area contributed by atoms with Gasteiger partial charge in [0.25, 0.3) is 0 Å². The normalized spacial score (nSPS) is 17.4. The van der Waals surface area contributed by atoms with E-state index in [0.717, 1.165) is 47.9 Å². The van der Waals surface area contributed by atoms with E-state index in [1.807, 2.05) is 20.0 Å². The molecule has 2 aliphatic carbocycles. The molecular formula is C28H33N5O. The molecule has 2 heterocycles. The molecule has 34 heavy (non-hydrogen) atoms. The van der Waals surface area contributed by atoms with Crippen LogP contribution in [0.4, 0.5) is 5.95 Å². The van der Waals surface area contributed by atoms with E-state index in [2.05, 4.69) is 58.9 Å². The van der Waals surface area contributed by atoms with Gasteiger partial charge in [-0.3, -0.25) is 0 Å². The summed E-state index contributed by atoms with van der Waals surface area (Å²) >= 11 is 0. The number of aromatic nitrogens is 3. The summed E-state index contributed by atoms with van der Waals surface area (Å²) < 4.78 is 0. The summed E-state index contributed by atoms with van der Waals surface area (Å²) in [6.45, 7) is 4.64. The van der Waals surface area contributed by atoms with Crippen molar-refractivity contribution in [3.63, 3.8) is 0 Å². The lowest BCUT2D eigenvalue weighted by atomic mass is 9.72. The Balaban J connectivity index is 1.55. The number of allylic oxidation sites excluding steroid dienone is 4. The van der Waals surface area contributed by atoms with Crippen molar-refractivity contribution in [3.8, 4) is 11.3 Å². The summed E-state index contributed by atoms with van der Waals surface area (Å²) in [5.41, 5.74) is 12.2. The van der Waals surface area contributed by atoms with E-state index < -0.39 is 0 Å². The molecule has 0 amide bonds. The Hall–Kier alpha value is -3.09. The summed E-state index contributed by atoms with van der Waals surface area (Å²) in [7, 11) is 0. The van der Waals surface area contributed by atoms with Crippen molar-refractivity contribution in [1.29, 1.82) is 0 Å². The van der Waals surface area contributed by atoms with Crippen LogP contribution in [0.1, 0.15) is 57.1 Å². The molecule has 2 aromatic heterocycles. The number of hydrogen-bond donors (Lipinski definition) is 3. The smallest absolute Gasteiger partial charge is 0.224 e. The lowest BCUT2D eigenvalue weighted by molar-refractivity contribution is 0.170. The number of benzene rings is 1. The van der Waals surface area contributed by atoms with Crippen molar-refractivity contribution in [2.75, 3.05) is 18.5 Å². The number of anilines is 1. The molecule has 0 atom stereocenters. The van der Waals surface area contributed by atoms with E-state index in [1.54, 1.807) is 0 Å². The molecule has 0 radical (unpaired) electrons. The summed E-state index contributed by atoms with van der Waals surface area (Å²) in [4.78, 5) is 14.2. The molecular weight excluding hydrogens is 422 g/mol. The average molecular weight is 456 g/mol. The molecule has 0 spiro atoms. The molecule has 2 aliphatic rings. The molecule has 4 N–H and O–H groups in total. The molecule has 0 aliphatic heterocycles. The van der Waals surface area contributed by atoms with Crippen LogP contribution >= 0.6 is 0 Å². The highest BCUT2D eigenvalue weighted by Crippen LogP contribution is 2.40. The van der Waals surface area contributed by atoms with Gasteiger partial charge in [-0.15, -0.1) is 0 Å². The van der Waals surface area contributed by atoms with Crippen LogP contribution in [-0.4, -0.2) is 33.2 Å². The molecule has 0 bridgehead atoms. The Labute approximate surface area is 201 Å². The summed E-state index contributed by atoms with van der Waals surface area (Å²) in [5.74, 6) is 0.516. The van der Waals surface area contributed by atoms with Crippen LogP contribution in [0.25, 0.3) is 27.9 Å². The van der Waals surface area contributed by atoms with Gasteiger partial charge in [0.15, 0.2) is 5.65 Å². The predicted octanol–water partition coefficient (Wildman–Crippen LogP) is 5.19. The van der Waals surface area contributed by atoms with Crippen LogP contribution in [0.2, 0.25) is 0 Å². The van der Waals surface area contributed by atoms with E-state index in [9.17, 15) is 5.11 Å². The van der Waals surface area contributed by atoms with Gasteiger partial charge in [-0.1, -0.05) is 56.3 Å². The van der Waals surface area contributed by atoms with Crippen LogP contribution in [0.3, 0.4) is 0 Å². The molecule has 0 saturated heterocycles. The predicted molar refractivity (Wildman–Crippen MR) is 138 cm³/mol. The number of pyridine rings is 1. The molecule has 6 nitrogen and oxygen atoms in total. The van der Waals surface area contributed by atoms with Gasteiger partial charge in [0.1, 0.15) is 0 Å². The van der Waals surface area contributed by atoms with Crippen LogP contribution < -0.4 is 11.1 Å². The van der Waals surface area contributed by atoms with Gasteiger partial charge in [-0.25, -0.2) is 9.97 Å². The first-order valence-electron chi connectivity index (χ1n) is 12.2. The third kappa shape index (κ3) is 4.48. The van der Waals surface area contributed by atoms with Crippen LogP contribution in [-0.2, 0) is 5.54 Å². The fourth-order valence-electron chi connectivity index (χ4n) is 4.48. The SMILES string of the molecule is CC(C)(CO)CNc1ncc2cc(C3=CCCC=C3)c(-c3ccc(C4(N)CCC4)cc3)nc2n1. The van der Waals surface area contributed by atoms with Crippen molar-refractivity contribution in [2.24, 2.45) is 11.1 Å². The van der Waals surface area contributed by atoms with Gasteiger partial charge in [0.2, 0.25) is 5.95 Å². The van der Waals surface area contributed by atoms with E-state index in [4.69, 9.17) is 15.7 Å². The van der Waals surface area contributed by atoms with Gasteiger partial charge in [-0.2, -0.15) is 4.98 Å². The number of nitrogens with zero attached hydrogens (tertiary/aromatic N) is 3. The quantitative estimate of drug-likeness (QED) is 0.453. The third-order valence-corrected chi connectivity index (χ3v) is 7.01. The van der Waals surface area contributed by atoms with Gasteiger partial charge >= 0.3 is 0 Å². The van der Waals surface area contributed by atoms with Crippen molar-refractivity contribution < 1.29 is 5.11 Å². The second kappa shape index (κ2) is 8.93. The van der Waals surface area contributed by atoms with Crippen LogP contribution in [0.15, 0.2) is 54.8 Å². The second-order valence-corrected chi connectivity index (χ2v) is 10.4. The van der Waals surface area contributed by atoms with Crippen molar-refractivity contribution >= 4 is 22.6 Å². The Morgan fingerprint density at radius 3 is 2.56 bits per heavy atom. The molecule has 5 rings (SSSR count). The third-order valence-electron chi connectivity index (χ3n) is 7.01. The molecule has 1 fully saturated rings. The molecule has 6 heteroatoms. The topological polar surface area (TPSA) is 97.0 Å². The zero-order valence-corrected chi connectivity index (χ0v) is 20.0. The Morgan fingerprint density at radius 2 is 1.91 bits per heavy atom. The number of nitrogens with one attached hydrogen (secondary N) is 1. The van der Waals surface area contributed by atoms with Crippen LogP contribution in [0, 0.1) is 5.41 Å². The van der Waals surface area contributed by atoms with Gasteiger partial charge in [0.05, 0.1) is 5.69 Å². The standard InChI is InChI=1S/C28H33N5O/c1-27(2,18-34)17-31-26-30-16-21-15-23(19-7-4-3-5-8-19)24(32-25(21)33-26)20-9-11-22(12-10-20)28(29)13-6-14-28/h4,7-12,15-16,34H,3,5-6,13-14,17-18,29H2,1-2H3,(H,30,31,32,33). The van der Waals surface area contributed by atoms with E-state index >= 15 is 0 Å². The largest absolute Gasteiger partial charge is 0.396 e. The Morgan fingerprint density at radius 1 is 1.12 bits per heavy atom. The van der Waals surface area contributed by atoms with Crippen molar-refractivity contribution in [1.82, 2.24) is 15.0 Å². The summed E-state index contributed by atoms with van der Waals surface area (Å²) in [5, 5.41) is 13.7. The molecule has 0 unspecified atom stereocenters. The second-order valence-electron chi connectivity index (χ2n) is 10.4. The van der Waals surface area contributed by atoms with E-state index in [-0.39, 0.29) is 17.6 Å². The Bertz CT molecular complexity index is 1260. The molecule has 176 valence electrons. The lowest BCUT2D eigenvalue weighted by Gasteiger charge is -2.38. The maximum atomic E-state index is 9.54. The first-order valence-corrected chi connectivity index (χ1v) is 12.2. The van der Waals surface area contributed by atoms with Crippen LogP contribution in [0.5, 0.6) is 0 Å².